The van der Waals surface area contributed by atoms with Crippen LogP contribution in [0.5, 0.6) is 5.75 Å². The second-order valence-electron chi connectivity index (χ2n) is 11.4. The van der Waals surface area contributed by atoms with Gasteiger partial charge in [0.15, 0.2) is 5.82 Å². The Hall–Kier alpha value is -4.78. The van der Waals surface area contributed by atoms with Gasteiger partial charge >= 0.3 is 7.12 Å². The summed E-state index contributed by atoms with van der Waals surface area (Å²) >= 11 is 6.18. The maximum Gasteiger partial charge on any atom is 0.488 e. The van der Waals surface area contributed by atoms with Crippen LogP contribution in [0.15, 0.2) is 71.2 Å². The van der Waals surface area contributed by atoms with E-state index in [-0.39, 0.29) is 24.8 Å². The van der Waals surface area contributed by atoms with E-state index in [0.29, 0.717) is 46.6 Å². The number of benzene rings is 3. The number of aliphatic imine (C=N–C) groups is 1. The molecule has 0 fully saturated rings. The van der Waals surface area contributed by atoms with Crippen LogP contribution in [-0.2, 0) is 9.59 Å². The molecule has 0 saturated heterocycles. The molecule has 4 N–H and O–H groups in total. The molecule has 0 radical (unpaired) electrons. The molecule has 1 aliphatic rings. The number of fused-ring (bicyclic) bond motifs is 3. The number of carbonyl (C=O) groups is 2. The first-order valence-electron chi connectivity index (χ1n) is 15.2. The van der Waals surface area contributed by atoms with Crippen molar-refractivity contribution in [2.24, 2.45) is 4.99 Å². The van der Waals surface area contributed by atoms with Crippen LogP contribution in [0, 0.1) is 13.8 Å². The van der Waals surface area contributed by atoms with E-state index in [1.165, 1.54) is 0 Å². The number of nitrogens with zero attached hydrogens (tertiary/aromatic N) is 4. The molecular weight excluding hydrogens is 619 g/mol. The summed E-state index contributed by atoms with van der Waals surface area (Å²) in [6, 6.07) is 17.5. The highest BCUT2D eigenvalue weighted by Gasteiger charge is 2.30. The zero-order chi connectivity index (χ0) is 33.7. The first-order chi connectivity index (χ1) is 22.5. The summed E-state index contributed by atoms with van der Waals surface area (Å²) in [5.41, 5.74) is 6.40. The molecule has 2 heterocycles. The highest BCUT2D eigenvalue weighted by molar-refractivity contribution is 6.58. The minimum atomic E-state index is -1.51. The largest absolute Gasteiger partial charge is 0.497 e. The number of aryl methyl sites for hydroxylation is 2. The van der Waals surface area contributed by atoms with E-state index in [1.54, 1.807) is 31.4 Å². The number of ether oxygens (including phenoxy) is 1. The molecule has 0 aliphatic carbocycles. The number of amides is 2. The van der Waals surface area contributed by atoms with E-state index in [9.17, 15) is 19.6 Å². The molecule has 242 valence electrons. The van der Waals surface area contributed by atoms with Crippen LogP contribution < -0.4 is 20.8 Å². The fraction of sp³-hybridized carbons (Fsp3) is 0.265. The molecule has 1 atom stereocenters. The molecule has 0 unspecified atom stereocenters. The van der Waals surface area contributed by atoms with Gasteiger partial charge in [0.2, 0.25) is 11.8 Å². The minimum Gasteiger partial charge on any atom is -0.497 e. The number of nitrogens with one attached hydrogen (secondary N) is 2. The smallest absolute Gasteiger partial charge is 0.488 e. The van der Waals surface area contributed by atoms with Crippen LogP contribution in [0.25, 0.3) is 11.8 Å². The van der Waals surface area contributed by atoms with Crippen molar-refractivity contribution >= 4 is 47.8 Å². The Morgan fingerprint density at radius 2 is 1.79 bits per heavy atom. The maximum atomic E-state index is 13.2. The molecular formula is C34H36BClN6O5. The van der Waals surface area contributed by atoms with Gasteiger partial charge in [-0.05, 0) is 74.1 Å². The lowest BCUT2D eigenvalue weighted by molar-refractivity contribution is -0.126. The molecule has 3 aromatic carbocycles. The highest BCUT2D eigenvalue weighted by Crippen LogP contribution is 2.34. The van der Waals surface area contributed by atoms with Crippen molar-refractivity contribution in [1.29, 1.82) is 0 Å². The van der Waals surface area contributed by atoms with Gasteiger partial charge in [-0.25, -0.2) is 0 Å². The van der Waals surface area contributed by atoms with Gasteiger partial charge in [-0.3, -0.25) is 19.1 Å². The van der Waals surface area contributed by atoms with Crippen LogP contribution in [0.3, 0.4) is 0 Å². The van der Waals surface area contributed by atoms with Crippen molar-refractivity contribution in [2.75, 3.05) is 20.2 Å². The highest BCUT2D eigenvalue weighted by atomic mass is 35.5. The van der Waals surface area contributed by atoms with Crippen LogP contribution in [0.1, 0.15) is 59.7 Å². The Kier molecular flexibility index (Phi) is 10.5. The van der Waals surface area contributed by atoms with Crippen molar-refractivity contribution in [3.8, 4) is 11.4 Å². The van der Waals surface area contributed by atoms with Gasteiger partial charge in [0.05, 0.1) is 31.5 Å². The van der Waals surface area contributed by atoms with E-state index in [1.807, 2.05) is 67.8 Å². The summed E-state index contributed by atoms with van der Waals surface area (Å²) in [5.74, 6) is 1.14. The molecule has 13 heteroatoms. The van der Waals surface area contributed by atoms with Crippen LogP contribution in [-0.4, -0.2) is 69.7 Å². The number of aromatic nitrogens is 3. The SMILES string of the molecule is COc1ccc2c(c1)C(c1ccc(Cl)cc1)=N[C@@H](CC(=O)NCC(=O)NCC/C(C)=C/c1ccc(B(O)O)cc1C)c1nnc(C)n1-2. The Morgan fingerprint density at radius 1 is 1.02 bits per heavy atom. The summed E-state index contributed by atoms with van der Waals surface area (Å²) in [7, 11) is 0.0863. The number of halogens is 1. The summed E-state index contributed by atoms with van der Waals surface area (Å²) in [6.45, 7) is 5.91. The number of carbonyl (C=O) groups excluding carboxylic acids is 2. The molecule has 0 bridgehead atoms. The predicted molar refractivity (Wildman–Crippen MR) is 182 cm³/mol. The fourth-order valence-corrected chi connectivity index (χ4v) is 5.55. The van der Waals surface area contributed by atoms with Gasteiger partial charge in [-0.1, -0.05) is 53.6 Å². The predicted octanol–water partition coefficient (Wildman–Crippen LogP) is 3.23. The Labute approximate surface area is 278 Å². The standard InChI is InChI=1S/C34H36BClN6O5/c1-20(15-24-5-8-25(35(45)46)16-21(24)2)13-14-37-32(44)19-38-31(43)18-29-34-41-40-22(3)42(34)30-12-11-27(47-4)17-28(30)33(39-29)23-6-9-26(36)10-7-23/h5-12,15-17,29,45-46H,13-14,18-19H2,1-4H3,(H,37,44)(H,38,43)/b20-15+/t29-/m0/s1. The van der Waals surface area contributed by atoms with Crippen LogP contribution in [0.4, 0.5) is 0 Å². The summed E-state index contributed by atoms with van der Waals surface area (Å²) < 4.78 is 7.41. The van der Waals surface area contributed by atoms with Gasteiger partial charge in [-0.15, -0.1) is 10.2 Å². The maximum absolute atomic E-state index is 13.2. The normalized spacial score (nSPS) is 14.0. The molecule has 0 saturated carbocycles. The second-order valence-corrected chi connectivity index (χ2v) is 11.8. The number of hydrogen-bond acceptors (Lipinski definition) is 8. The topological polar surface area (TPSA) is 151 Å². The lowest BCUT2D eigenvalue weighted by atomic mass is 9.79. The third-order valence-corrected chi connectivity index (χ3v) is 8.16. The lowest BCUT2D eigenvalue weighted by Gasteiger charge is -2.14. The third-order valence-electron chi connectivity index (χ3n) is 7.91. The Morgan fingerprint density at radius 3 is 2.49 bits per heavy atom. The molecule has 1 aromatic heterocycles. The average molecular weight is 655 g/mol. The fourth-order valence-electron chi connectivity index (χ4n) is 5.42. The van der Waals surface area contributed by atoms with Gasteiger partial charge in [0.1, 0.15) is 17.6 Å². The summed E-state index contributed by atoms with van der Waals surface area (Å²) in [6.07, 6.45) is 2.55. The van der Waals surface area contributed by atoms with E-state index in [2.05, 4.69) is 20.8 Å². The van der Waals surface area contributed by atoms with E-state index in [4.69, 9.17) is 21.3 Å². The third kappa shape index (κ3) is 7.97. The molecule has 2 amide bonds. The molecule has 47 heavy (non-hydrogen) atoms. The molecule has 5 rings (SSSR count). The van der Waals surface area contributed by atoms with Gasteiger partial charge in [0.25, 0.3) is 0 Å². The number of methoxy groups -OCH3 is 1. The van der Waals surface area contributed by atoms with E-state index < -0.39 is 13.2 Å². The first-order valence-corrected chi connectivity index (χ1v) is 15.5. The number of rotatable bonds is 11. The molecule has 1 aliphatic heterocycles. The van der Waals surface area contributed by atoms with Crippen molar-refractivity contribution in [2.45, 2.75) is 39.7 Å². The van der Waals surface area contributed by atoms with Crippen LogP contribution >= 0.6 is 11.6 Å². The minimum absolute atomic E-state index is 0.0546. The zero-order valence-electron chi connectivity index (χ0n) is 26.6. The van der Waals surface area contributed by atoms with Gasteiger partial charge in [0, 0.05) is 22.7 Å². The van der Waals surface area contributed by atoms with Crippen molar-refractivity contribution in [3.63, 3.8) is 0 Å². The first kappa shape index (κ1) is 33.6. The average Bonchev–Trinajstić information content (AvgIpc) is 3.37. The molecule has 0 spiro atoms. The van der Waals surface area contributed by atoms with Crippen LogP contribution in [0.2, 0.25) is 5.02 Å². The van der Waals surface area contributed by atoms with E-state index in [0.717, 1.165) is 33.5 Å². The van der Waals surface area contributed by atoms with Gasteiger partial charge < -0.3 is 25.4 Å². The Balaban J connectivity index is 1.25. The molecule has 11 nitrogen and oxygen atoms in total. The van der Waals surface area contributed by atoms with Crippen molar-refractivity contribution in [3.05, 3.63) is 105 Å². The van der Waals surface area contributed by atoms with E-state index >= 15 is 0 Å². The Bertz CT molecular complexity index is 1850. The second kappa shape index (κ2) is 14.8. The van der Waals surface area contributed by atoms with Gasteiger partial charge in [-0.2, -0.15) is 0 Å². The summed E-state index contributed by atoms with van der Waals surface area (Å²) in [5, 5.41) is 33.6. The monoisotopic (exact) mass is 654 g/mol. The summed E-state index contributed by atoms with van der Waals surface area (Å²) in [4.78, 5) is 30.8. The molecule has 4 aromatic rings. The van der Waals surface area contributed by atoms with Crippen molar-refractivity contribution in [1.82, 2.24) is 25.4 Å². The lowest BCUT2D eigenvalue weighted by Crippen LogP contribution is -2.37. The van der Waals surface area contributed by atoms with Crippen molar-refractivity contribution < 1.29 is 24.4 Å². The quantitative estimate of drug-likeness (QED) is 0.181. The zero-order valence-corrected chi connectivity index (χ0v) is 27.4. The number of hydrogen-bond donors (Lipinski definition) is 4.